The van der Waals surface area contributed by atoms with Gasteiger partial charge >= 0.3 is 5.97 Å². The van der Waals surface area contributed by atoms with Gasteiger partial charge in [0.2, 0.25) is 0 Å². The number of hydrogen-bond donors (Lipinski definition) is 2. The fraction of sp³-hybridized carbons (Fsp3) is 0.0667. The third kappa shape index (κ3) is 2.38. The minimum Gasteiger partial charge on any atom is -0.486 e. The Hall–Kier alpha value is -3.02. The van der Waals surface area contributed by atoms with Crippen molar-refractivity contribution in [1.29, 1.82) is 0 Å². The first-order valence-electron chi connectivity index (χ1n) is 6.34. The minimum atomic E-state index is -1.09. The summed E-state index contributed by atoms with van der Waals surface area (Å²) in [5, 5.41) is 9.21. The number of rotatable bonds is 4. The summed E-state index contributed by atoms with van der Waals surface area (Å²) < 4.78 is 7.21. The van der Waals surface area contributed by atoms with Gasteiger partial charge in [0.05, 0.1) is 5.52 Å². The molecule has 3 rings (SSSR count). The Morgan fingerprint density at radius 1 is 1.19 bits per heavy atom. The fourth-order valence-corrected chi connectivity index (χ4v) is 2.15. The molecule has 106 valence electrons. The first-order chi connectivity index (χ1) is 10.2. The van der Waals surface area contributed by atoms with E-state index < -0.39 is 5.97 Å². The second kappa shape index (κ2) is 5.16. The van der Waals surface area contributed by atoms with Crippen molar-refractivity contribution in [2.75, 3.05) is 5.73 Å². The van der Waals surface area contributed by atoms with Gasteiger partial charge in [-0.3, -0.25) is 4.40 Å². The Morgan fingerprint density at radius 3 is 2.67 bits per heavy atom. The molecule has 3 aromatic rings. The van der Waals surface area contributed by atoms with Crippen LogP contribution in [0.5, 0.6) is 5.75 Å². The molecule has 0 fully saturated rings. The lowest BCUT2D eigenvalue weighted by Crippen LogP contribution is -2.04. The molecule has 0 spiro atoms. The topological polar surface area (TPSA) is 89.9 Å². The largest absolute Gasteiger partial charge is 0.486 e. The first-order valence-corrected chi connectivity index (χ1v) is 6.34. The summed E-state index contributed by atoms with van der Waals surface area (Å²) in [6.07, 6.45) is 0. The number of para-hydroxylation sites is 1. The zero-order chi connectivity index (χ0) is 14.8. The van der Waals surface area contributed by atoms with Crippen molar-refractivity contribution in [2.45, 2.75) is 6.61 Å². The number of carbonyl (C=O) groups is 1. The second-order valence-corrected chi connectivity index (χ2v) is 4.45. The van der Waals surface area contributed by atoms with Gasteiger partial charge in [-0.2, -0.15) is 0 Å². The second-order valence-electron chi connectivity index (χ2n) is 4.45. The van der Waals surface area contributed by atoms with Crippen molar-refractivity contribution in [1.82, 2.24) is 9.38 Å². The Bertz CT molecular complexity index is 797. The highest BCUT2D eigenvalue weighted by atomic mass is 16.5. The molecule has 6 nitrogen and oxygen atoms in total. The maximum absolute atomic E-state index is 11.3. The molecule has 0 unspecified atom stereocenters. The van der Waals surface area contributed by atoms with E-state index in [9.17, 15) is 9.90 Å². The van der Waals surface area contributed by atoms with Crippen LogP contribution in [0.4, 0.5) is 5.82 Å². The van der Waals surface area contributed by atoms with Crippen LogP contribution in [-0.4, -0.2) is 20.5 Å². The van der Waals surface area contributed by atoms with E-state index in [1.165, 1.54) is 0 Å². The van der Waals surface area contributed by atoms with Gasteiger partial charge in [0.1, 0.15) is 18.2 Å². The lowest BCUT2D eigenvalue weighted by molar-refractivity contribution is 0.0693. The quantitative estimate of drug-likeness (QED) is 0.766. The third-order valence-electron chi connectivity index (χ3n) is 3.08. The number of anilines is 1. The van der Waals surface area contributed by atoms with E-state index in [1.54, 1.807) is 22.6 Å². The zero-order valence-corrected chi connectivity index (χ0v) is 11.1. The van der Waals surface area contributed by atoms with Crippen molar-refractivity contribution in [2.24, 2.45) is 0 Å². The van der Waals surface area contributed by atoms with E-state index in [0.717, 1.165) is 0 Å². The molecule has 6 heteroatoms. The SMILES string of the molecule is Nc1cccc2c(C(=O)O)nc(COc3ccccc3)n12. The summed E-state index contributed by atoms with van der Waals surface area (Å²) in [6.45, 7) is 0.132. The van der Waals surface area contributed by atoms with E-state index in [4.69, 9.17) is 10.5 Å². The van der Waals surface area contributed by atoms with Crippen molar-refractivity contribution < 1.29 is 14.6 Å². The highest BCUT2D eigenvalue weighted by Crippen LogP contribution is 2.19. The van der Waals surface area contributed by atoms with Crippen LogP contribution >= 0.6 is 0 Å². The van der Waals surface area contributed by atoms with E-state index in [-0.39, 0.29) is 12.3 Å². The summed E-state index contributed by atoms with van der Waals surface area (Å²) in [7, 11) is 0. The lowest BCUT2D eigenvalue weighted by Gasteiger charge is -2.06. The number of ether oxygens (including phenoxy) is 1. The van der Waals surface area contributed by atoms with Crippen LogP contribution in [0.3, 0.4) is 0 Å². The average Bonchev–Trinajstić information content (AvgIpc) is 2.87. The molecule has 0 bridgehead atoms. The summed E-state index contributed by atoms with van der Waals surface area (Å²) in [5.41, 5.74) is 6.33. The monoisotopic (exact) mass is 283 g/mol. The lowest BCUT2D eigenvalue weighted by atomic mass is 10.3. The molecular weight excluding hydrogens is 270 g/mol. The van der Waals surface area contributed by atoms with Gasteiger partial charge in [0, 0.05) is 0 Å². The van der Waals surface area contributed by atoms with Crippen molar-refractivity contribution in [3.05, 3.63) is 60.0 Å². The molecule has 0 radical (unpaired) electrons. The molecule has 21 heavy (non-hydrogen) atoms. The van der Waals surface area contributed by atoms with Crippen molar-refractivity contribution >= 4 is 17.3 Å². The van der Waals surface area contributed by atoms with Crippen LogP contribution < -0.4 is 10.5 Å². The van der Waals surface area contributed by atoms with Crippen molar-refractivity contribution in [3.63, 3.8) is 0 Å². The fourth-order valence-electron chi connectivity index (χ4n) is 2.15. The number of aromatic nitrogens is 2. The number of hydrogen-bond acceptors (Lipinski definition) is 4. The number of nitrogens with zero attached hydrogens (tertiary/aromatic N) is 2. The Labute approximate surface area is 120 Å². The number of fused-ring (bicyclic) bond motifs is 1. The van der Waals surface area contributed by atoms with Crippen LogP contribution in [0.15, 0.2) is 48.5 Å². The molecule has 1 aromatic carbocycles. The molecule has 0 atom stereocenters. The van der Waals surface area contributed by atoms with E-state index in [0.29, 0.717) is 22.9 Å². The number of benzene rings is 1. The Balaban J connectivity index is 2.00. The standard InChI is InChI=1S/C15H13N3O3/c16-12-8-4-7-11-14(15(19)20)17-13(18(11)12)9-21-10-5-2-1-3-6-10/h1-8H,9,16H2,(H,19,20). The third-order valence-corrected chi connectivity index (χ3v) is 3.08. The molecule has 0 aliphatic heterocycles. The maximum atomic E-state index is 11.3. The van der Waals surface area contributed by atoms with E-state index in [2.05, 4.69) is 4.98 Å². The van der Waals surface area contributed by atoms with Crippen LogP contribution in [-0.2, 0) is 6.61 Å². The Kier molecular flexibility index (Phi) is 3.19. The number of nitrogens with two attached hydrogens (primary N) is 1. The Morgan fingerprint density at radius 2 is 1.95 bits per heavy atom. The van der Waals surface area contributed by atoms with Crippen LogP contribution in [0.2, 0.25) is 0 Å². The average molecular weight is 283 g/mol. The zero-order valence-electron chi connectivity index (χ0n) is 11.1. The number of pyridine rings is 1. The van der Waals surface area contributed by atoms with Crippen LogP contribution in [0, 0.1) is 0 Å². The number of carboxylic acid groups (broad SMARTS) is 1. The number of aromatic carboxylic acids is 1. The minimum absolute atomic E-state index is 0.0334. The molecule has 0 amide bonds. The van der Waals surface area contributed by atoms with Crippen LogP contribution in [0.1, 0.15) is 16.3 Å². The van der Waals surface area contributed by atoms with Crippen molar-refractivity contribution in [3.8, 4) is 5.75 Å². The molecule has 0 saturated heterocycles. The summed E-state index contributed by atoms with van der Waals surface area (Å²) >= 11 is 0. The van der Waals surface area contributed by atoms with Gasteiger partial charge in [-0.25, -0.2) is 9.78 Å². The number of imidazole rings is 1. The van der Waals surface area contributed by atoms with E-state index >= 15 is 0 Å². The molecule has 0 aliphatic carbocycles. The maximum Gasteiger partial charge on any atom is 0.356 e. The first kappa shape index (κ1) is 13.0. The van der Waals surface area contributed by atoms with E-state index in [1.807, 2.05) is 30.3 Å². The van der Waals surface area contributed by atoms with Crippen LogP contribution in [0.25, 0.3) is 5.52 Å². The molecule has 3 N–H and O–H groups in total. The van der Waals surface area contributed by atoms with Gasteiger partial charge in [0.25, 0.3) is 0 Å². The molecule has 2 aromatic heterocycles. The number of nitrogen functional groups attached to an aromatic ring is 1. The highest BCUT2D eigenvalue weighted by Gasteiger charge is 2.18. The molecular formula is C15H13N3O3. The van der Waals surface area contributed by atoms with Gasteiger partial charge < -0.3 is 15.6 Å². The molecule has 0 saturated carbocycles. The predicted octanol–water partition coefficient (Wildman–Crippen LogP) is 2.19. The summed E-state index contributed by atoms with van der Waals surface area (Å²) in [6, 6.07) is 14.3. The normalized spacial score (nSPS) is 10.7. The molecule has 2 heterocycles. The summed E-state index contributed by atoms with van der Waals surface area (Å²) in [4.78, 5) is 15.4. The van der Waals surface area contributed by atoms with Gasteiger partial charge in [-0.1, -0.05) is 24.3 Å². The summed E-state index contributed by atoms with van der Waals surface area (Å²) in [5.74, 6) is 0.452. The number of carboxylic acids is 1. The van der Waals surface area contributed by atoms with Gasteiger partial charge in [0.15, 0.2) is 11.5 Å². The molecule has 0 aliphatic rings. The van der Waals surface area contributed by atoms with Gasteiger partial charge in [-0.15, -0.1) is 0 Å². The predicted molar refractivity (Wildman–Crippen MR) is 77.3 cm³/mol. The highest BCUT2D eigenvalue weighted by molar-refractivity contribution is 5.94. The smallest absolute Gasteiger partial charge is 0.356 e. The van der Waals surface area contributed by atoms with Gasteiger partial charge in [-0.05, 0) is 24.3 Å².